The summed E-state index contributed by atoms with van der Waals surface area (Å²) < 4.78 is 25.7. The van der Waals surface area contributed by atoms with Crippen LogP contribution in [0.1, 0.15) is 0 Å². The summed E-state index contributed by atoms with van der Waals surface area (Å²) in [4.78, 5) is 3.82. The molecule has 62 valence electrons. The fourth-order valence-corrected chi connectivity index (χ4v) is 1.83. The molecule has 0 spiro atoms. The molecule has 0 fully saturated rings. The van der Waals surface area contributed by atoms with Crippen LogP contribution in [0, 0.1) is 0 Å². The zero-order chi connectivity index (χ0) is 8.60. The first-order valence-corrected chi connectivity index (χ1v) is 4.63. The first-order valence-electron chi connectivity index (χ1n) is 3.19. The summed E-state index contributed by atoms with van der Waals surface area (Å²) in [5, 5.41) is 2.71. The first kappa shape index (κ1) is 7.23. The highest BCUT2D eigenvalue weighted by molar-refractivity contribution is 7.90. The van der Waals surface area contributed by atoms with Crippen molar-refractivity contribution in [2.75, 3.05) is 5.32 Å². The third kappa shape index (κ3) is 0.964. The molecule has 12 heavy (non-hydrogen) atoms. The van der Waals surface area contributed by atoms with E-state index < -0.39 is 10.0 Å². The molecule has 2 heterocycles. The number of aromatic nitrogens is 1. The maximum absolute atomic E-state index is 11.2. The van der Waals surface area contributed by atoms with Gasteiger partial charge in [-0.15, -0.1) is 4.40 Å². The Labute approximate surface area is 69.2 Å². The molecule has 0 aliphatic carbocycles. The van der Waals surface area contributed by atoms with Crippen LogP contribution in [0.5, 0.6) is 0 Å². The van der Waals surface area contributed by atoms with Gasteiger partial charge in [0, 0.05) is 12.4 Å². The number of hydrogen-bond donors (Lipinski definition) is 1. The van der Waals surface area contributed by atoms with E-state index in [4.69, 9.17) is 0 Å². The highest BCUT2D eigenvalue weighted by Crippen LogP contribution is 2.23. The van der Waals surface area contributed by atoms with Gasteiger partial charge >= 0.3 is 0 Å². The van der Waals surface area contributed by atoms with E-state index in [1.54, 1.807) is 6.07 Å². The predicted molar refractivity (Wildman–Crippen MR) is 43.5 cm³/mol. The lowest BCUT2D eigenvalue weighted by Crippen LogP contribution is -2.11. The number of anilines is 1. The average Bonchev–Trinajstić information content (AvgIpc) is 2.04. The number of pyridine rings is 1. The normalized spacial score (nSPS) is 18.0. The largest absolute Gasteiger partial charge is 0.344 e. The average molecular weight is 183 g/mol. The van der Waals surface area contributed by atoms with E-state index in [0.717, 1.165) is 6.34 Å². The maximum Gasteiger partial charge on any atom is 0.287 e. The molecule has 1 N–H and O–H groups in total. The summed E-state index contributed by atoms with van der Waals surface area (Å²) in [6, 6.07) is 1.58. The van der Waals surface area contributed by atoms with Crippen LogP contribution in [0.25, 0.3) is 0 Å². The third-order valence-electron chi connectivity index (χ3n) is 1.47. The van der Waals surface area contributed by atoms with Gasteiger partial charge in [0.15, 0.2) is 0 Å². The Morgan fingerprint density at radius 3 is 3.00 bits per heavy atom. The minimum atomic E-state index is -3.50. The number of fused-ring (bicyclic) bond motifs is 1. The van der Waals surface area contributed by atoms with Crippen molar-refractivity contribution < 1.29 is 8.42 Å². The van der Waals surface area contributed by atoms with Crippen LogP contribution in [0.3, 0.4) is 0 Å². The number of sulfonamides is 1. The second-order valence-corrected chi connectivity index (χ2v) is 3.83. The van der Waals surface area contributed by atoms with Crippen molar-refractivity contribution in [1.82, 2.24) is 4.98 Å². The van der Waals surface area contributed by atoms with Gasteiger partial charge in [0.05, 0.1) is 5.69 Å². The maximum atomic E-state index is 11.2. The molecule has 2 rings (SSSR count). The molecule has 1 aromatic rings. The van der Waals surface area contributed by atoms with Gasteiger partial charge in [-0.1, -0.05) is 0 Å². The summed E-state index contributed by atoms with van der Waals surface area (Å²) in [5.74, 6) is 0. The minimum absolute atomic E-state index is 0.118. The van der Waals surface area contributed by atoms with E-state index >= 15 is 0 Å². The molecule has 6 heteroatoms. The molecular weight excluding hydrogens is 178 g/mol. The minimum Gasteiger partial charge on any atom is -0.344 e. The first-order chi connectivity index (χ1) is 5.70. The molecular formula is C6H5N3O2S. The van der Waals surface area contributed by atoms with E-state index in [1.807, 2.05) is 0 Å². The molecule has 1 aliphatic rings. The lowest BCUT2D eigenvalue weighted by atomic mass is 10.4. The topological polar surface area (TPSA) is 71.4 Å². The van der Waals surface area contributed by atoms with E-state index in [0.29, 0.717) is 5.69 Å². The van der Waals surface area contributed by atoms with Gasteiger partial charge in [-0.25, -0.2) is 0 Å². The van der Waals surface area contributed by atoms with Crippen LogP contribution in [0.15, 0.2) is 27.8 Å². The summed E-state index contributed by atoms with van der Waals surface area (Å²) in [6.07, 6.45) is 3.94. The van der Waals surface area contributed by atoms with Crippen LogP contribution >= 0.6 is 0 Å². The Bertz CT molecular complexity index is 438. The number of hydrogen-bond acceptors (Lipinski definition) is 4. The Balaban J connectivity index is 2.75. The quantitative estimate of drug-likeness (QED) is 0.624. The molecule has 0 radical (unpaired) electrons. The van der Waals surface area contributed by atoms with Crippen LogP contribution in [-0.4, -0.2) is 19.7 Å². The van der Waals surface area contributed by atoms with E-state index in [1.165, 1.54) is 12.4 Å². The summed E-state index contributed by atoms with van der Waals surface area (Å²) in [7, 11) is -3.50. The molecule has 0 saturated carbocycles. The molecule has 0 unspecified atom stereocenters. The van der Waals surface area contributed by atoms with Crippen LogP contribution in [0.2, 0.25) is 0 Å². The molecule has 0 aromatic carbocycles. The second-order valence-electron chi connectivity index (χ2n) is 2.23. The molecule has 1 aliphatic heterocycles. The molecule has 0 saturated heterocycles. The van der Waals surface area contributed by atoms with Gasteiger partial charge in [-0.2, -0.15) is 8.42 Å². The van der Waals surface area contributed by atoms with Crippen molar-refractivity contribution in [3.63, 3.8) is 0 Å². The van der Waals surface area contributed by atoms with Crippen molar-refractivity contribution >= 4 is 22.0 Å². The van der Waals surface area contributed by atoms with Crippen LogP contribution < -0.4 is 5.32 Å². The lowest BCUT2D eigenvalue weighted by molar-refractivity contribution is 0.597. The van der Waals surface area contributed by atoms with E-state index in [-0.39, 0.29) is 4.90 Å². The van der Waals surface area contributed by atoms with Crippen molar-refractivity contribution in [3.05, 3.63) is 18.5 Å². The van der Waals surface area contributed by atoms with Crippen molar-refractivity contribution in [3.8, 4) is 0 Å². The monoisotopic (exact) mass is 183 g/mol. The van der Waals surface area contributed by atoms with Gasteiger partial charge in [0.1, 0.15) is 11.2 Å². The zero-order valence-corrected chi connectivity index (χ0v) is 6.75. The highest BCUT2D eigenvalue weighted by Gasteiger charge is 2.19. The molecule has 1 aromatic heterocycles. The Hall–Kier alpha value is -1.43. The summed E-state index contributed by atoms with van der Waals surface area (Å²) in [6.45, 7) is 0. The number of nitrogens with zero attached hydrogens (tertiary/aromatic N) is 2. The molecule has 0 atom stereocenters. The Morgan fingerprint density at radius 2 is 2.25 bits per heavy atom. The standard InChI is InChI=1S/C6H5N3O2S/c10-12(11)6-3-7-2-1-5(6)8-4-9-12/h1-4H,(H,8,9). The molecule has 0 bridgehead atoms. The molecule has 5 nitrogen and oxygen atoms in total. The molecule has 0 amide bonds. The van der Waals surface area contributed by atoms with Crippen molar-refractivity contribution in [1.29, 1.82) is 0 Å². The number of rotatable bonds is 0. The van der Waals surface area contributed by atoms with E-state index in [2.05, 4.69) is 14.7 Å². The lowest BCUT2D eigenvalue weighted by Gasteiger charge is -2.09. The Kier molecular flexibility index (Phi) is 1.37. The SMILES string of the molecule is O=S1(=O)N=CNc2ccncc21. The van der Waals surface area contributed by atoms with Gasteiger partial charge in [0.25, 0.3) is 10.0 Å². The van der Waals surface area contributed by atoms with Gasteiger partial charge in [-0.3, -0.25) is 4.98 Å². The second kappa shape index (κ2) is 2.28. The predicted octanol–water partition coefficient (Wildman–Crippen LogP) is 0.224. The zero-order valence-electron chi connectivity index (χ0n) is 5.93. The van der Waals surface area contributed by atoms with Crippen LogP contribution in [-0.2, 0) is 10.0 Å². The highest BCUT2D eigenvalue weighted by atomic mass is 32.2. The van der Waals surface area contributed by atoms with Gasteiger partial charge in [0.2, 0.25) is 0 Å². The van der Waals surface area contributed by atoms with Crippen molar-refractivity contribution in [2.24, 2.45) is 4.40 Å². The smallest absolute Gasteiger partial charge is 0.287 e. The van der Waals surface area contributed by atoms with Crippen LogP contribution in [0.4, 0.5) is 5.69 Å². The van der Waals surface area contributed by atoms with Gasteiger partial charge < -0.3 is 5.32 Å². The van der Waals surface area contributed by atoms with Gasteiger partial charge in [-0.05, 0) is 6.07 Å². The fourth-order valence-electron chi connectivity index (χ4n) is 0.927. The third-order valence-corrected chi connectivity index (χ3v) is 2.74. The summed E-state index contributed by atoms with van der Waals surface area (Å²) >= 11 is 0. The van der Waals surface area contributed by atoms with Crippen molar-refractivity contribution in [2.45, 2.75) is 4.90 Å². The Morgan fingerprint density at radius 1 is 1.42 bits per heavy atom. The fraction of sp³-hybridized carbons (Fsp3) is 0. The number of nitrogens with one attached hydrogen (secondary N) is 1. The van der Waals surface area contributed by atoms with E-state index in [9.17, 15) is 8.42 Å². The summed E-state index contributed by atoms with van der Waals surface area (Å²) in [5.41, 5.74) is 0.514.